The molecular formula is C22H30N4O. The van der Waals surface area contributed by atoms with Crippen LogP contribution in [0.4, 0.5) is 0 Å². The van der Waals surface area contributed by atoms with Gasteiger partial charge < -0.3 is 10.1 Å². The third-order valence-corrected chi connectivity index (χ3v) is 5.06. The monoisotopic (exact) mass is 366 g/mol. The number of aromatic nitrogens is 2. The van der Waals surface area contributed by atoms with Gasteiger partial charge in [-0.3, -0.25) is 4.68 Å². The summed E-state index contributed by atoms with van der Waals surface area (Å²) in [5.41, 5.74) is 3.29. The second-order valence-electron chi connectivity index (χ2n) is 7.20. The van der Waals surface area contributed by atoms with E-state index in [2.05, 4.69) is 29.7 Å². The molecule has 5 heteroatoms. The van der Waals surface area contributed by atoms with E-state index in [1.807, 2.05) is 22.9 Å². The van der Waals surface area contributed by atoms with Crippen LogP contribution in [0.3, 0.4) is 0 Å². The predicted molar refractivity (Wildman–Crippen MR) is 107 cm³/mol. The van der Waals surface area contributed by atoms with Crippen LogP contribution in [0.25, 0.3) is 11.3 Å². The molecule has 2 aromatic rings. The fourth-order valence-electron chi connectivity index (χ4n) is 3.61. The van der Waals surface area contributed by atoms with E-state index in [0.717, 1.165) is 37.4 Å². The van der Waals surface area contributed by atoms with Gasteiger partial charge in [0.05, 0.1) is 30.8 Å². The number of nitrogens with one attached hydrogen (secondary N) is 1. The van der Waals surface area contributed by atoms with E-state index in [1.54, 1.807) is 0 Å². The number of rotatable bonds is 10. The lowest BCUT2D eigenvalue weighted by Gasteiger charge is -2.21. The maximum absolute atomic E-state index is 8.82. The Morgan fingerprint density at radius 1 is 1.19 bits per heavy atom. The number of ether oxygens (including phenoxy) is 1. The molecule has 0 atom stereocenters. The van der Waals surface area contributed by atoms with Crippen LogP contribution in [0, 0.1) is 11.3 Å². The number of hydrogen-bond donors (Lipinski definition) is 1. The largest absolute Gasteiger partial charge is 0.378 e. The molecule has 5 nitrogen and oxygen atoms in total. The van der Waals surface area contributed by atoms with Crippen LogP contribution >= 0.6 is 0 Å². The zero-order valence-electron chi connectivity index (χ0n) is 16.1. The molecule has 0 radical (unpaired) electrons. The average Bonchev–Trinajstić information content (AvgIpc) is 3.13. The summed E-state index contributed by atoms with van der Waals surface area (Å²) in [6, 6.07) is 12.4. The second-order valence-corrected chi connectivity index (χ2v) is 7.20. The van der Waals surface area contributed by atoms with Crippen LogP contribution in [0.1, 0.15) is 50.5 Å². The quantitative estimate of drug-likeness (QED) is 0.637. The summed E-state index contributed by atoms with van der Waals surface area (Å²) < 4.78 is 7.87. The van der Waals surface area contributed by atoms with Gasteiger partial charge in [0.25, 0.3) is 0 Å². The smallest absolute Gasteiger partial charge is 0.0968 e. The Labute approximate surface area is 162 Å². The molecule has 1 heterocycles. The molecule has 1 aromatic heterocycles. The van der Waals surface area contributed by atoms with Crippen molar-refractivity contribution in [1.29, 1.82) is 5.26 Å². The molecule has 0 bridgehead atoms. The summed E-state index contributed by atoms with van der Waals surface area (Å²) in [4.78, 5) is 0. The molecule has 27 heavy (non-hydrogen) atoms. The number of hydrogen-bond acceptors (Lipinski definition) is 4. The summed E-state index contributed by atoms with van der Waals surface area (Å²) in [7, 11) is 0. The minimum atomic E-state index is 0.473. The van der Waals surface area contributed by atoms with Gasteiger partial charge in [0, 0.05) is 30.5 Å². The van der Waals surface area contributed by atoms with Crippen molar-refractivity contribution in [3.63, 3.8) is 0 Å². The van der Waals surface area contributed by atoms with Gasteiger partial charge in [0.15, 0.2) is 0 Å². The van der Waals surface area contributed by atoms with E-state index in [1.165, 1.54) is 37.7 Å². The van der Waals surface area contributed by atoms with Crippen molar-refractivity contribution < 1.29 is 4.74 Å². The van der Waals surface area contributed by atoms with E-state index in [9.17, 15) is 0 Å². The van der Waals surface area contributed by atoms with Gasteiger partial charge in [-0.25, -0.2) is 0 Å². The lowest BCUT2D eigenvalue weighted by molar-refractivity contribution is 0.0273. The molecule has 1 N–H and O–H groups in total. The lowest BCUT2D eigenvalue weighted by atomic mass is 9.98. The fourth-order valence-corrected chi connectivity index (χ4v) is 3.61. The molecule has 3 rings (SSSR count). The summed E-state index contributed by atoms with van der Waals surface area (Å²) in [6.07, 6.45) is 10.5. The van der Waals surface area contributed by atoms with Gasteiger partial charge in [-0.05, 0) is 25.8 Å². The first-order valence-corrected chi connectivity index (χ1v) is 10.2. The van der Waals surface area contributed by atoms with Gasteiger partial charge in [-0.2, -0.15) is 10.4 Å². The fraction of sp³-hybridized carbons (Fsp3) is 0.545. The van der Waals surface area contributed by atoms with Crippen molar-refractivity contribution in [2.45, 2.75) is 64.1 Å². The maximum Gasteiger partial charge on any atom is 0.0968 e. The number of nitrogens with zero attached hydrogens (tertiary/aromatic N) is 3. The highest BCUT2D eigenvalue weighted by molar-refractivity contribution is 5.62. The number of aryl methyl sites for hydroxylation is 1. The van der Waals surface area contributed by atoms with Crippen LogP contribution in [-0.4, -0.2) is 29.0 Å². The standard InChI is InChI=1S/C22H30N4O/c23-13-7-15-26-18-20(22(25-26)19-9-3-1-4-10-19)17-24-14-8-16-27-21-11-5-2-6-12-21/h1,3-4,9-10,18,21,24H,2,5-8,11-12,14-17H2. The molecule has 0 amide bonds. The number of benzene rings is 1. The molecule has 1 aliphatic rings. The van der Waals surface area contributed by atoms with Crippen LogP contribution in [0.5, 0.6) is 0 Å². The molecular weight excluding hydrogens is 336 g/mol. The molecule has 0 spiro atoms. The molecule has 1 aromatic carbocycles. The third kappa shape index (κ3) is 6.20. The highest BCUT2D eigenvalue weighted by Gasteiger charge is 2.13. The zero-order chi connectivity index (χ0) is 18.7. The first-order valence-electron chi connectivity index (χ1n) is 10.2. The Balaban J connectivity index is 1.48. The highest BCUT2D eigenvalue weighted by atomic mass is 16.5. The predicted octanol–water partition coefficient (Wildman–Crippen LogP) is 4.29. The van der Waals surface area contributed by atoms with Crippen molar-refractivity contribution in [2.24, 2.45) is 0 Å². The Morgan fingerprint density at radius 2 is 2.00 bits per heavy atom. The Hall–Kier alpha value is -2.16. The van der Waals surface area contributed by atoms with E-state index < -0.39 is 0 Å². The second kappa shape index (κ2) is 10.9. The SMILES string of the molecule is N#CCCn1cc(CNCCCOC2CCCCC2)c(-c2ccccc2)n1. The van der Waals surface area contributed by atoms with E-state index in [-0.39, 0.29) is 0 Å². The van der Waals surface area contributed by atoms with Crippen molar-refractivity contribution in [1.82, 2.24) is 15.1 Å². The molecule has 0 unspecified atom stereocenters. The van der Waals surface area contributed by atoms with E-state index in [0.29, 0.717) is 19.1 Å². The first-order chi connectivity index (χ1) is 13.4. The van der Waals surface area contributed by atoms with Crippen molar-refractivity contribution in [2.75, 3.05) is 13.2 Å². The van der Waals surface area contributed by atoms with E-state index >= 15 is 0 Å². The zero-order valence-corrected chi connectivity index (χ0v) is 16.1. The van der Waals surface area contributed by atoms with Crippen LogP contribution in [0.15, 0.2) is 36.5 Å². The Bertz CT molecular complexity index is 714. The summed E-state index contributed by atoms with van der Waals surface area (Å²) in [5.74, 6) is 0. The van der Waals surface area contributed by atoms with Crippen LogP contribution < -0.4 is 5.32 Å². The summed E-state index contributed by atoms with van der Waals surface area (Å²) >= 11 is 0. The highest BCUT2D eigenvalue weighted by Crippen LogP contribution is 2.22. The molecule has 0 saturated heterocycles. The topological polar surface area (TPSA) is 62.9 Å². The average molecular weight is 367 g/mol. The third-order valence-electron chi connectivity index (χ3n) is 5.06. The molecule has 1 saturated carbocycles. The number of nitriles is 1. The van der Waals surface area contributed by atoms with Crippen LogP contribution in [0.2, 0.25) is 0 Å². The molecule has 144 valence electrons. The summed E-state index contributed by atoms with van der Waals surface area (Å²) in [5, 5.41) is 17.0. The van der Waals surface area contributed by atoms with Crippen LogP contribution in [-0.2, 0) is 17.8 Å². The van der Waals surface area contributed by atoms with Crippen molar-refractivity contribution in [3.8, 4) is 17.3 Å². The minimum Gasteiger partial charge on any atom is -0.378 e. The van der Waals surface area contributed by atoms with Gasteiger partial charge in [0.2, 0.25) is 0 Å². The Morgan fingerprint density at radius 3 is 2.78 bits per heavy atom. The van der Waals surface area contributed by atoms with Crippen molar-refractivity contribution in [3.05, 3.63) is 42.1 Å². The van der Waals surface area contributed by atoms with Gasteiger partial charge >= 0.3 is 0 Å². The minimum absolute atomic E-state index is 0.473. The maximum atomic E-state index is 8.82. The lowest BCUT2D eigenvalue weighted by Crippen LogP contribution is -2.20. The molecule has 0 aliphatic heterocycles. The molecule has 1 fully saturated rings. The van der Waals surface area contributed by atoms with Gasteiger partial charge in [0.1, 0.15) is 0 Å². The van der Waals surface area contributed by atoms with Gasteiger partial charge in [-0.15, -0.1) is 0 Å². The normalized spacial score (nSPS) is 14.9. The van der Waals surface area contributed by atoms with Gasteiger partial charge in [-0.1, -0.05) is 49.6 Å². The van der Waals surface area contributed by atoms with Crippen molar-refractivity contribution >= 4 is 0 Å². The van der Waals surface area contributed by atoms with E-state index in [4.69, 9.17) is 15.1 Å². The Kier molecular flexibility index (Phi) is 7.88. The summed E-state index contributed by atoms with van der Waals surface area (Å²) in [6.45, 7) is 3.18. The first kappa shape index (κ1) is 19.6. The molecule has 1 aliphatic carbocycles.